The molecule has 1 N–H and O–H groups in total. The van der Waals surface area contributed by atoms with Crippen molar-refractivity contribution in [1.82, 2.24) is 4.90 Å². The summed E-state index contributed by atoms with van der Waals surface area (Å²) in [5.41, 5.74) is 2.35. The Morgan fingerprint density at radius 3 is 2.30 bits per heavy atom. The third-order valence-corrected chi connectivity index (χ3v) is 6.44. The molecule has 3 aromatic rings. The molecule has 0 radical (unpaired) electrons. The summed E-state index contributed by atoms with van der Waals surface area (Å²) in [4.78, 5) is 29.0. The molecule has 1 fully saturated rings. The van der Waals surface area contributed by atoms with Crippen LogP contribution in [0.3, 0.4) is 0 Å². The van der Waals surface area contributed by atoms with Crippen molar-refractivity contribution >= 4 is 46.4 Å². The van der Waals surface area contributed by atoms with Crippen LogP contribution in [-0.4, -0.2) is 42.9 Å². The average Bonchev–Trinajstić information content (AvgIpc) is 3.31. The summed E-state index contributed by atoms with van der Waals surface area (Å²) >= 11 is 12.3. The van der Waals surface area contributed by atoms with Crippen molar-refractivity contribution in [3.8, 4) is 11.3 Å². The van der Waals surface area contributed by atoms with Crippen molar-refractivity contribution in [2.45, 2.75) is 13.8 Å². The van der Waals surface area contributed by atoms with Crippen LogP contribution in [0.1, 0.15) is 24.4 Å². The summed E-state index contributed by atoms with van der Waals surface area (Å²) in [6, 6.07) is 16.2. The first-order chi connectivity index (χ1) is 15.8. The Labute approximate surface area is 203 Å². The van der Waals surface area contributed by atoms with Gasteiger partial charge in [0, 0.05) is 49.0 Å². The van der Waals surface area contributed by atoms with Crippen molar-refractivity contribution in [2.24, 2.45) is 5.92 Å². The van der Waals surface area contributed by atoms with E-state index < -0.39 is 0 Å². The molecule has 1 aliphatic heterocycles. The zero-order valence-corrected chi connectivity index (χ0v) is 20.0. The molecule has 1 aromatic heterocycles. The topological polar surface area (TPSA) is 65.8 Å². The van der Waals surface area contributed by atoms with Crippen molar-refractivity contribution in [2.75, 3.05) is 36.4 Å². The van der Waals surface area contributed by atoms with Gasteiger partial charge >= 0.3 is 0 Å². The van der Waals surface area contributed by atoms with E-state index >= 15 is 0 Å². The third-order valence-electron chi connectivity index (χ3n) is 5.62. The van der Waals surface area contributed by atoms with Gasteiger partial charge in [-0.25, -0.2) is 0 Å². The Kier molecular flexibility index (Phi) is 6.96. The second-order valence-electron chi connectivity index (χ2n) is 8.23. The second-order valence-corrected chi connectivity index (χ2v) is 9.02. The number of anilines is 2. The Hall–Kier alpha value is -2.96. The highest BCUT2D eigenvalue weighted by Crippen LogP contribution is 2.34. The van der Waals surface area contributed by atoms with Gasteiger partial charge in [-0.1, -0.05) is 43.1 Å². The van der Waals surface area contributed by atoms with Gasteiger partial charge in [-0.2, -0.15) is 0 Å². The number of nitrogens with zero attached hydrogens (tertiary/aromatic N) is 2. The molecule has 0 spiro atoms. The van der Waals surface area contributed by atoms with Crippen molar-refractivity contribution in [1.29, 1.82) is 0 Å². The van der Waals surface area contributed by atoms with Gasteiger partial charge in [0.25, 0.3) is 5.91 Å². The lowest BCUT2D eigenvalue weighted by Gasteiger charge is -2.37. The standard InChI is InChI=1S/C25H25Cl2N3O3/c1-16(2)25(32)30-14-12-29(13-15-30)18-8-6-17(7-9-18)28-24(31)22-11-10-21(33-22)19-4-3-5-20(26)23(19)27/h3-11,16H,12-15H2,1-2H3,(H,28,31). The minimum Gasteiger partial charge on any atom is -0.451 e. The predicted octanol–water partition coefficient (Wildman–Crippen LogP) is 5.81. The number of amides is 2. The average molecular weight is 486 g/mol. The van der Waals surface area contributed by atoms with E-state index in [1.165, 1.54) is 0 Å². The minimum atomic E-state index is -0.354. The number of rotatable bonds is 5. The van der Waals surface area contributed by atoms with E-state index in [9.17, 15) is 9.59 Å². The van der Waals surface area contributed by atoms with Crippen molar-refractivity contribution < 1.29 is 14.0 Å². The SMILES string of the molecule is CC(C)C(=O)N1CCN(c2ccc(NC(=O)c3ccc(-c4cccc(Cl)c4Cl)o3)cc2)CC1. The highest BCUT2D eigenvalue weighted by Gasteiger charge is 2.23. The van der Waals surface area contributed by atoms with Crippen LogP contribution in [-0.2, 0) is 4.79 Å². The zero-order valence-electron chi connectivity index (χ0n) is 18.5. The number of piperazine rings is 1. The highest BCUT2D eigenvalue weighted by molar-refractivity contribution is 6.43. The molecule has 172 valence electrons. The highest BCUT2D eigenvalue weighted by atomic mass is 35.5. The molecule has 0 unspecified atom stereocenters. The van der Waals surface area contributed by atoms with Crippen LogP contribution in [0.4, 0.5) is 11.4 Å². The van der Waals surface area contributed by atoms with Gasteiger partial charge in [-0.3, -0.25) is 9.59 Å². The van der Waals surface area contributed by atoms with Crippen LogP contribution >= 0.6 is 23.2 Å². The fraction of sp³-hybridized carbons (Fsp3) is 0.280. The maximum atomic E-state index is 12.6. The molecule has 2 amide bonds. The van der Waals surface area contributed by atoms with Gasteiger partial charge in [0.1, 0.15) is 5.76 Å². The zero-order chi connectivity index (χ0) is 23.5. The Morgan fingerprint density at radius 2 is 1.64 bits per heavy atom. The molecule has 33 heavy (non-hydrogen) atoms. The van der Waals surface area contributed by atoms with Gasteiger partial charge in [0.05, 0.1) is 10.0 Å². The van der Waals surface area contributed by atoms with E-state index in [-0.39, 0.29) is 23.5 Å². The Morgan fingerprint density at radius 1 is 0.939 bits per heavy atom. The van der Waals surface area contributed by atoms with E-state index in [4.69, 9.17) is 27.6 Å². The lowest BCUT2D eigenvalue weighted by Crippen LogP contribution is -2.49. The van der Waals surface area contributed by atoms with Gasteiger partial charge in [0.15, 0.2) is 5.76 Å². The number of carbonyl (C=O) groups is 2. The fourth-order valence-corrected chi connectivity index (χ4v) is 4.19. The number of hydrogen-bond acceptors (Lipinski definition) is 4. The molecule has 1 saturated heterocycles. The summed E-state index contributed by atoms with van der Waals surface area (Å²) in [6.07, 6.45) is 0. The van der Waals surface area contributed by atoms with Gasteiger partial charge < -0.3 is 19.5 Å². The monoisotopic (exact) mass is 485 g/mol. The minimum absolute atomic E-state index is 0.0205. The fourth-order valence-electron chi connectivity index (χ4n) is 3.80. The van der Waals surface area contributed by atoms with E-state index in [0.29, 0.717) is 40.1 Å². The number of furan rings is 1. The second kappa shape index (κ2) is 9.89. The van der Waals surface area contributed by atoms with Crippen molar-refractivity contribution in [3.05, 3.63) is 70.4 Å². The number of halogens is 2. The molecule has 0 aliphatic carbocycles. The molecular formula is C25H25Cl2N3O3. The first-order valence-electron chi connectivity index (χ1n) is 10.8. The third kappa shape index (κ3) is 5.18. The first kappa shape index (κ1) is 23.2. The summed E-state index contributed by atoms with van der Waals surface area (Å²) in [6.45, 7) is 6.85. The largest absolute Gasteiger partial charge is 0.451 e. The molecule has 2 heterocycles. The van der Waals surface area contributed by atoms with Crippen molar-refractivity contribution in [3.63, 3.8) is 0 Å². The quantitative estimate of drug-likeness (QED) is 0.494. The smallest absolute Gasteiger partial charge is 0.291 e. The number of nitrogens with one attached hydrogen (secondary N) is 1. The lowest BCUT2D eigenvalue weighted by molar-refractivity contribution is -0.134. The maximum absolute atomic E-state index is 12.6. The summed E-state index contributed by atoms with van der Waals surface area (Å²) in [5.74, 6) is 0.515. The van der Waals surface area contributed by atoms with Crippen LogP contribution in [0, 0.1) is 5.92 Å². The number of benzene rings is 2. The molecule has 4 rings (SSSR count). The Bertz CT molecular complexity index is 1150. The molecule has 8 heteroatoms. The molecule has 1 aliphatic rings. The summed E-state index contributed by atoms with van der Waals surface area (Å²) in [5, 5.41) is 3.65. The van der Waals surface area contributed by atoms with E-state index in [0.717, 1.165) is 18.8 Å². The van der Waals surface area contributed by atoms with Gasteiger partial charge in [0.2, 0.25) is 5.91 Å². The summed E-state index contributed by atoms with van der Waals surface area (Å²) in [7, 11) is 0. The van der Waals surface area contributed by atoms with Gasteiger partial charge in [-0.05, 0) is 48.5 Å². The predicted molar refractivity (Wildman–Crippen MR) is 132 cm³/mol. The van der Waals surface area contributed by atoms with Gasteiger partial charge in [-0.15, -0.1) is 0 Å². The van der Waals surface area contributed by atoms with Crippen LogP contribution in [0.2, 0.25) is 10.0 Å². The molecule has 0 bridgehead atoms. The molecule has 6 nitrogen and oxygen atoms in total. The maximum Gasteiger partial charge on any atom is 0.291 e. The Balaban J connectivity index is 1.37. The molecular weight excluding hydrogens is 461 g/mol. The number of hydrogen-bond donors (Lipinski definition) is 1. The number of carbonyl (C=O) groups excluding carboxylic acids is 2. The van der Waals surface area contributed by atoms with Crippen LogP contribution in [0.15, 0.2) is 59.0 Å². The normalized spacial score (nSPS) is 14.0. The molecule has 0 atom stereocenters. The summed E-state index contributed by atoms with van der Waals surface area (Å²) < 4.78 is 5.71. The molecule has 2 aromatic carbocycles. The van der Waals surface area contributed by atoms with Crippen LogP contribution in [0.25, 0.3) is 11.3 Å². The van der Waals surface area contributed by atoms with E-state index in [2.05, 4.69) is 10.2 Å². The van der Waals surface area contributed by atoms with Crippen LogP contribution < -0.4 is 10.2 Å². The van der Waals surface area contributed by atoms with E-state index in [1.807, 2.05) is 43.0 Å². The van der Waals surface area contributed by atoms with Crippen LogP contribution in [0.5, 0.6) is 0 Å². The first-order valence-corrected chi connectivity index (χ1v) is 11.6. The van der Waals surface area contributed by atoms with E-state index in [1.54, 1.807) is 30.3 Å². The lowest BCUT2D eigenvalue weighted by atomic mass is 10.1. The molecule has 0 saturated carbocycles.